The molecule has 1 atom stereocenters. The molecule has 1 N–H and O–H groups in total. The predicted octanol–water partition coefficient (Wildman–Crippen LogP) is 4.36. The third kappa shape index (κ3) is 8.81. The molecule has 2 amide bonds. The zero-order valence-electron chi connectivity index (χ0n) is 20.5. The van der Waals surface area contributed by atoms with Crippen LogP contribution in [0.1, 0.15) is 45.6 Å². The number of carbonyl (C=O) groups is 2. The fourth-order valence-electron chi connectivity index (χ4n) is 3.72. The number of carbonyl (C=O) groups excluding carboxylic acids is 2. The van der Waals surface area contributed by atoms with Gasteiger partial charge in [-0.25, -0.2) is 12.8 Å². The Kier molecular flexibility index (Phi) is 10.5. The predicted molar refractivity (Wildman–Crippen MR) is 137 cm³/mol. The van der Waals surface area contributed by atoms with Gasteiger partial charge in [-0.05, 0) is 62.6 Å². The van der Waals surface area contributed by atoms with Crippen molar-refractivity contribution in [1.82, 2.24) is 10.2 Å². The molecule has 10 heteroatoms. The van der Waals surface area contributed by atoms with Gasteiger partial charge in [-0.1, -0.05) is 36.7 Å². The van der Waals surface area contributed by atoms with Crippen LogP contribution in [-0.4, -0.2) is 50.0 Å². The molecule has 0 saturated carbocycles. The second kappa shape index (κ2) is 12.9. The number of anilines is 1. The van der Waals surface area contributed by atoms with Crippen molar-refractivity contribution in [1.29, 1.82) is 0 Å². The molecule has 35 heavy (non-hydrogen) atoms. The van der Waals surface area contributed by atoms with E-state index in [0.29, 0.717) is 22.7 Å². The Morgan fingerprint density at radius 1 is 1.11 bits per heavy atom. The van der Waals surface area contributed by atoms with E-state index in [9.17, 15) is 22.4 Å². The second-order valence-corrected chi connectivity index (χ2v) is 11.0. The summed E-state index contributed by atoms with van der Waals surface area (Å²) in [5.74, 6) is -0.952. The molecule has 0 unspecified atom stereocenters. The Morgan fingerprint density at radius 2 is 1.77 bits per heavy atom. The summed E-state index contributed by atoms with van der Waals surface area (Å²) in [5.41, 5.74) is 1.10. The molecular weight excluding hydrogens is 493 g/mol. The van der Waals surface area contributed by atoms with Crippen LogP contribution in [0, 0.1) is 5.82 Å². The first-order valence-electron chi connectivity index (χ1n) is 11.5. The molecule has 2 aromatic rings. The molecule has 0 spiro atoms. The summed E-state index contributed by atoms with van der Waals surface area (Å²) in [7, 11) is -3.60. The van der Waals surface area contributed by atoms with Gasteiger partial charge in [0, 0.05) is 30.6 Å². The first-order valence-corrected chi connectivity index (χ1v) is 13.7. The van der Waals surface area contributed by atoms with E-state index in [2.05, 4.69) is 5.32 Å². The maximum absolute atomic E-state index is 13.4. The fourth-order valence-corrected chi connectivity index (χ4v) is 4.86. The van der Waals surface area contributed by atoms with E-state index in [1.54, 1.807) is 36.4 Å². The van der Waals surface area contributed by atoms with Crippen LogP contribution in [0.5, 0.6) is 0 Å². The van der Waals surface area contributed by atoms with Crippen LogP contribution in [0.25, 0.3) is 0 Å². The van der Waals surface area contributed by atoms with E-state index < -0.39 is 21.9 Å². The molecule has 2 aromatic carbocycles. The summed E-state index contributed by atoms with van der Waals surface area (Å²) in [6.07, 6.45) is 1.75. The van der Waals surface area contributed by atoms with Crippen molar-refractivity contribution in [2.45, 2.75) is 58.7 Å². The molecule has 0 aliphatic heterocycles. The molecule has 0 fully saturated rings. The number of rotatable bonds is 12. The van der Waals surface area contributed by atoms with E-state index >= 15 is 0 Å². The highest BCUT2D eigenvalue weighted by atomic mass is 35.5. The van der Waals surface area contributed by atoms with Gasteiger partial charge < -0.3 is 10.2 Å². The molecular formula is C25H33ClFN3O4S. The van der Waals surface area contributed by atoms with Crippen LogP contribution in [0.3, 0.4) is 0 Å². The van der Waals surface area contributed by atoms with Gasteiger partial charge in [0.25, 0.3) is 0 Å². The Hall–Kier alpha value is -2.65. The number of hydrogen-bond donors (Lipinski definition) is 1. The summed E-state index contributed by atoms with van der Waals surface area (Å²) in [5, 5.41) is 3.25. The average Bonchev–Trinajstić information content (AvgIpc) is 2.76. The summed E-state index contributed by atoms with van der Waals surface area (Å²) in [6.45, 7) is 5.70. The quantitative estimate of drug-likeness (QED) is 0.446. The van der Waals surface area contributed by atoms with Crippen molar-refractivity contribution in [3.8, 4) is 0 Å². The van der Waals surface area contributed by atoms with Gasteiger partial charge in [-0.3, -0.25) is 13.9 Å². The van der Waals surface area contributed by atoms with Gasteiger partial charge in [0.05, 0.1) is 11.9 Å². The Labute approximate surface area is 212 Å². The molecule has 7 nitrogen and oxygen atoms in total. The highest BCUT2D eigenvalue weighted by Gasteiger charge is 2.29. The average molecular weight is 526 g/mol. The van der Waals surface area contributed by atoms with Gasteiger partial charge in [-0.15, -0.1) is 0 Å². The van der Waals surface area contributed by atoms with E-state index in [1.807, 2.05) is 20.8 Å². The summed E-state index contributed by atoms with van der Waals surface area (Å²) < 4.78 is 39.3. The lowest BCUT2D eigenvalue weighted by atomic mass is 10.1. The number of halogens is 2. The van der Waals surface area contributed by atoms with Gasteiger partial charge in [0.15, 0.2) is 0 Å². The van der Waals surface area contributed by atoms with E-state index in [1.165, 1.54) is 21.3 Å². The van der Waals surface area contributed by atoms with Crippen LogP contribution < -0.4 is 9.62 Å². The maximum Gasteiger partial charge on any atom is 0.243 e. The fraction of sp³-hybridized carbons (Fsp3) is 0.440. The summed E-state index contributed by atoms with van der Waals surface area (Å²) in [6, 6.07) is 11.5. The molecule has 0 aliphatic rings. The molecule has 192 valence electrons. The topological polar surface area (TPSA) is 86.8 Å². The number of sulfonamides is 1. The highest BCUT2D eigenvalue weighted by Crippen LogP contribution is 2.23. The van der Waals surface area contributed by atoms with E-state index in [-0.39, 0.29) is 43.8 Å². The molecule has 0 aromatic heterocycles. The summed E-state index contributed by atoms with van der Waals surface area (Å²) >= 11 is 6.02. The minimum absolute atomic E-state index is 0.0270. The van der Waals surface area contributed by atoms with Gasteiger partial charge in [0.1, 0.15) is 11.9 Å². The largest absolute Gasteiger partial charge is 0.352 e. The molecule has 0 radical (unpaired) electrons. The lowest BCUT2D eigenvalue weighted by Crippen LogP contribution is -2.50. The zero-order valence-corrected chi connectivity index (χ0v) is 22.1. The van der Waals surface area contributed by atoms with Crippen molar-refractivity contribution < 1.29 is 22.4 Å². The Balaban J connectivity index is 2.21. The molecule has 2 rings (SSSR count). The molecule has 0 aliphatic carbocycles. The van der Waals surface area contributed by atoms with Gasteiger partial charge >= 0.3 is 0 Å². The van der Waals surface area contributed by atoms with Crippen molar-refractivity contribution in [3.05, 3.63) is 64.9 Å². The highest BCUT2D eigenvalue weighted by molar-refractivity contribution is 7.92. The van der Waals surface area contributed by atoms with E-state index in [0.717, 1.165) is 6.26 Å². The van der Waals surface area contributed by atoms with Gasteiger partial charge in [-0.2, -0.15) is 0 Å². The van der Waals surface area contributed by atoms with Crippen LogP contribution in [0.4, 0.5) is 10.1 Å². The molecule has 0 heterocycles. The monoisotopic (exact) mass is 525 g/mol. The van der Waals surface area contributed by atoms with Crippen molar-refractivity contribution in [2.24, 2.45) is 0 Å². The second-order valence-electron chi connectivity index (χ2n) is 8.65. The Morgan fingerprint density at radius 3 is 2.31 bits per heavy atom. The third-order valence-corrected chi connectivity index (χ3v) is 6.76. The van der Waals surface area contributed by atoms with Crippen LogP contribution in [-0.2, 0) is 26.2 Å². The van der Waals surface area contributed by atoms with Crippen LogP contribution >= 0.6 is 11.6 Å². The van der Waals surface area contributed by atoms with Crippen molar-refractivity contribution in [2.75, 3.05) is 17.1 Å². The minimum atomic E-state index is -3.60. The number of hydrogen-bond acceptors (Lipinski definition) is 4. The Bertz CT molecular complexity index is 1110. The van der Waals surface area contributed by atoms with Gasteiger partial charge in [0.2, 0.25) is 21.8 Å². The first kappa shape index (κ1) is 28.6. The lowest BCUT2D eigenvalue weighted by molar-refractivity contribution is -0.141. The number of amides is 2. The van der Waals surface area contributed by atoms with E-state index in [4.69, 9.17) is 11.6 Å². The normalized spacial score (nSPS) is 12.3. The minimum Gasteiger partial charge on any atom is -0.352 e. The third-order valence-electron chi connectivity index (χ3n) is 5.33. The molecule has 0 bridgehead atoms. The van der Waals surface area contributed by atoms with Crippen LogP contribution in [0.2, 0.25) is 5.02 Å². The van der Waals surface area contributed by atoms with Crippen LogP contribution in [0.15, 0.2) is 48.5 Å². The number of nitrogens with one attached hydrogen (secondary N) is 1. The lowest BCUT2D eigenvalue weighted by Gasteiger charge is -2.31. The smallest absolute Gasteiger partial charge is 0.243 e. The maximum atomic E-state index is 13.4. The SMILES string of the molecule is CC[C@@H](C(=O)NC(C)C)N(Cc1ccc(F)cc1)C(=O)CCCN(c1cccc(Cl)c1)S(C)(=O)=O. The van der Waals surface area contributed by atoms with Crippen molar-refractivity contribution >= 4 is 39.1 Å². The zero-order chi connectivity index (χ0) is 26.2. The number of nitrogens with zero attached hydrogens (tertiary/aromatic N) is 2. The summed E-state index contributed by atoms with van der Waals surface area (Å²) in [4.78, 5) is 27.6. The molecule has 0 saturated heterocycles. The standard InChI is InChI=1S/C25H33ClFN3O4S/c1-5-23(25(32)28-18(2)3)29(17-19-11-13-21(27)14-12-19)24(31)10-7-15-30(35(4,33)34)22-9-6-8-20(26)16-22/h6,8-9,11-14,16,18,23H,5,7,10,15,17H2,1-4H3,(H,28,32)/t23-/m0/s1. The van der Waals surface area contributed by atoms with Crippen molar-refractivity contribution in [3.63, 3.8) is 0 Å². The number of benzene rings is 2. The first-order chi connectivity index (χ1) is 16.4.